The van der Waals surface area contributed by atoms with E-state index in [1.165, 1.54) is 22.9 Å². The first-order valence-corrected chi connectivity index (χ1v) is 11.4. The molecule has 3 heterocycles. The molecule has 0 aliphatic carbocycles. The summed E-state index contributed by atoms with van der Waals surface area (Å²) in [7, 11) is -5.52. The van der Waals surface area contributed by atoms with E-state index in [-0.39, 0.29) is 23.4 Å². The van der Waals surface area contributed by atoms with Gasteiger partial charge in [0, 0.05) is 24.2 Å². The largest absolute Gasteiger partial charge is 0.516 e. The van der Waals surface area contributed by atoms with Crippen molar-refractivity contribution in [2.45, 2.75) is 42.9 Å². The molecule has 2 bridgehead atoms. The van der Waals surface area contributed by atoms with Gasteiger partial charge in [-0.3, -0.25) is 9.52 Å². The van der Waals surface area contributed by atoms with Crippen molar-refractivity contribution in [2.75, 3.05) is 4.72 Å². The third-order valence-corrected chi connectivity index (χ3v) is 7.11. The molecule has 12 heteroatoms. The summed E-state index contributed by atoms with van der Waals surface area (Å²) in [5.74, 6) is -0.0793. The number of thiophene rings is 1. The summed E-state index contributed by atoms with van der Waals surface area (Å²) < 4.78 is 67.1. The number of nitrogens with one attached hydrogen (secondary N) is 3. The second kappa shape index (κ2) is 7.75. The molecule has 162 valence electrons. The Kier molecular flexibility index (Phi) is 5.41. The van der Waals surface area contributed by atoms with Crippen LogP contribution in [0.3, 0.4) is 0 Å². The Morgan fingerprint density at radius 2 is 2.00 bits per heavy atom. The number of fused-ring (bicyclic) bond motifs is 2. The van der Waals surface area contributed by atoms with Crippen LogP contribution in [0.5, 0.6) is 10.8 Å². The predicted octanol–water partition coefficient (Wildman–Crippen LogP) is 3.42. The number of hydrogen-bond acceptors (Lipinski definition) is 6. The van der Waals surface area contributed by atoms with Gasteiger partial charge in [-0.15, -0.1) is 0 Å². The lowest BCUT2D eigenvalue weighted by Crippen LogP contribution is -2.42. The number of sulfonamides is 1. The molecular weight excluding hydrogens is 443 g/mol. The lowest BCUT2D eigenvalue weighted by Gasteiger charge is -2.20. The molecule has 0 saturated carbocycles. The van der Waals surface area contributed by atoms with Crippen LogP contribution in [0.2, 0.25) is 0 Å². The van der Waals surface area contributed by atoms with E-state index in [1.54, 1.807) is 12.1 Å². The summed E-state index contributed by atoms with van der Waals surface area (Å²) in [6.07, 6.45) is 3.08. The number of carbonyl (C=O) groups is 1. The number of alkyl halides is 3. The average Bonchev–Trinajstić information content (AvgIpc) is 3.37. The van der Waals surface area contributed by atoms with E-state index in [0.717, 1.165) is 36.7 Å². The molecule has 1 aromatic carbocycles. The molecule has 0 unspecified atom stereocenters. The minimum atomic E-state index is -5.52. The van der Waals surface area contributed by atoms with Gasteiger partial charge in [0.05, 0.1) is 10.6 Å². The minimum Gasteiger partial charge on any atom is -0.447 e. The van der Waals surface area contributed by atoms with Crippen LogP contribution in [-0.2, 0) is 10.0 Å². The maximum atomic E-state index is 12.5. The normalized spacial score (nSPS) is 23.4. The van der Waals surface area contributed by atoms with Gasteiger partial charge in [-0.25, -0.2) is 0 Å². The number of halogens is 3. The van der Waals surface area contributed by atoms with Crippen molar-refractivity contribution in [3.8, 4) is 10.8 Å². The Balaban J connectivity index is 1.39. The number of benzene rings is 1. The molecule has 2 aliphatic rings. The molecule has 1 amide bonds. The highest BCUT2D eigenvalue weighted by molar-refractivity contribution is 7.93. The molecule has 2 aliphatic heterocycles. The van der Waals surface area contributed by atoms with E-state index < -0.39 is 15.5 Å². The zero-order chi connectivity index (χ0) is 21.5. The van der Waals surface area contributed by atoms with Gasteiger partial charge in [0.1, 0.15) is 5.75 Å². The van der Waals surface area contributed by atoms with Gasteiger partial charge >= 0.3 is 15.5 Å². The van der Waals surface area contributed by atoms with Gasteiger partial charge in [-0.1, -0.05) is 17.4 Å². The number of hydrogen-bond donors (Lipinski definition) is 3. The predicted molar refractivity (Wildman–Crippen MR) is 105 cm³/mol. The third-order valence-electron chi connectivity index (χ3n) is 5.03. The highest BCUT2D eigenvalue weighted by Crippen LogP contribution is 2.33. The summed E-state index contributed by atoms with van der Waals surface area (Å²) >= 11 is 1.09. The SMILES string of the molecule is O=C(N[C@@H]1C[C@H]2CC[C@@H]1N2)c1ccc(Oc2cccc(NS(=O)(=O)C(F)(F)F)c2)s1. The molecule has 3 N–H and O–H groups in total. The zero-order valence-electron chi connectivity index (χ0n) is 15.4. The summed E-state index contributed by atoms with van der Waals surface area (Å²) in [4.78, 5) is 12.9. The van der Waals surface area contributed by atoms with E-state index in [1.807, 2.05) is 0 Å². The van der Waals surface area contributed by atoms with Crippen molar-refractivity contribution in [1.29, 1.82) is 0 Å². The molecule has 4 rings (SSSR count). The Labute approximate surface area is 174 Å². The molecule has 0 spiro atoms. The Hall–Kier alpha value is -2.31. The van der Waals surface area contributed by atoms with Gasteiger partial charge in [-0.05, 0) is 43.5 Å². The van der Waals surface area contributed by atoms with E-state index in [2.05, 4.69) is 10.6 Å². The van der Waals surface area contributed by atoms with Crippen LogP contribution in [0.1, 0.15) is 28.9 Å². The fraction of sp³-hybridized carbons (Fsp3) is 0.389. The monoisotopic (exact) mass is 461 g/mol. The van der Waals surface area contributed by atoms with Crippen LogP contribution in [-0.4, -0.2) is 38.0 Å². The number of carbonyl (C=O) groups excluding carboxylic acids is 1. The maximum absolute atomic E-state index is 12.5. The number of anilines is 1. The van der Waals surface area contributed by atoms with E-state index in [9.17, 15) is 26.4 Å². The smallest absolute Gasteiger partial charge is 0.447 e. The Morgan fingerprint density at radius 1 is 1.20 bits per heavy atom. The first kappa shape index (κ1) is 20.9. The molecule has 7 nitrogen and oxygen atoms in total. The summed E-state index contributed by atoms with van der Waals surface area (Å²) in [6, 6.07) is 9.16. The second-order valence-electron chi connectivity index (χ2n) is 7.16. The van der Waals surface area contributed by atoms with Crippen LogP contribution < -0.4 is 20.1 Å². The highest BCUT2D eigenvalue weighted by Gasteiger charge is 2.46. The summed E-state index contributed by atoms with van der Waals surface area (Å²) in [5, 5.41) is 6.82. The second-order valence-corrected chi connectivity index (χ2v) is 9.88. The van der Waals surface area contributed by atoms with Gasteiger partial charge < -0.3 is 15.4 Å². The molecule has 1 aromatic heterocycles. The van der Waals surface area contributed by atoms with Crippen molar-refractivity contribution in [3.05, 3.63) is 41.3 Å². The minimum absolute atomic E-state index is 0.0982. The summed E-state index contributed by atoms with van der Waals surface area (Å²) in [5.41, 5.74) is -5.71. The van der Waals surface area contributed by atoms with E-state index in [4.69, 9.17) is 4.74 Å². The molecule has 2 fully saturated rings. The maximum Gasteiger partial charge on any atom is 0.516 e. The van der Waals surface area contributed by atoms with Crippen molar-refractivity contribution in [1.82, 2.24) is 10.6 Å². The molecule has 2 aromatic rings. The van der Waals surface area contributed by atoms with Gasteiger partial charge in [-0.2, -0.15) is 21.6 Å². The first-order chi connectivity index (χ1) is 14.1. The fourth-order valence-corrected chi connectivity index (χ4v) is 5.00. The molecule has 3 atom stereocenters. The van der Waals surface area contributed by atoms with Crippen molar-refractivity contribution < 1.29 is 31.1 Å². The van der Waals surface area contributed by atoms with Crippen LogP contribution >= 0.6 is 11.3 Å². The van der Waals surface area contributed by atoms with Crippen LogP contribution in [0, 0.1) is 0 Å². The standard InChI is InChI=1S/C18H18F3N3O4S2/c19-18(20,21)30(26,27)24-11-2-1-3-12(8-11)28-16-7-6-15(29-16)17(25)23-14-9-10-4-5-13(14)22-10/h1-3,6-8,10,13-14,22,24H,4-5,9H2,(H,23,25)/t10-,13+,14-/m1/s1. The highest BCUT2D eigenvalue weighted by atomic mass is 32.2. The van der Waals surface area contributed by atoms with Crippen LogP contribution in [0.4, 0.5) is 18.9 Å². The van der Waals surface area contributed by atoms with Crippen molar-refractivity contribution in [3.63, 3.8) is 0 Å². The van der Waals surface area contributed by atoms with Crippen LogP contribution in [0.15, 0.2) is 36.4 Å². The fourth-order valence-electron chi connectivity index (χ4n) is 3.67. The quantitative estimate of drug-likeness (QED) is 0.613. The number of rotatable bonds is 6. The topological polar surface area (TPSA) is 96.5 Å². The molecule has 30 heavy (non-hydrogen) atoms. The zero-order valence-corrected chi connectivity index (χ0v) is 17.0. The molecule has 2 saturated heterocycles. The van der Waals surface area contributed by atoms with E-state index in [0.29, 0.717) is 22.0 Å². The van der Waals surface area contributed by atoms with Crippen molar-refractivity contribution >= 4 is 33.0 Å². The first-order valence-electron chi connectivity index (χ1n) is 9.14. The Bertz CT molecular complexity index is 1050. The van der Waals surface area contributed by atoms with E-state index >= 15 is 0 Å². The van der Waals surface area contributed by atoms with Gasteiger partial charge in [0.15, 0.2) is 5.06 Å². The van der Waals surface area contributed by atoms with Gasteiger partial charge in [0.2, 0.25) is 0 Å². The number of ether oxygens (including phenoxy) is 1. The molecular formula is C18H18F3N3O4S2. The third kappa shape index (κ3) is 4.40. The van der Waals surface area contributed by atoms with Gasteiger partial charge in [0.25, 0.3) is 5.91 Å². The lowest BCUT2D eigenvalue weighted by atomic mass is 9.95. The number of amides is 1. The van der Waals surface area contributed by atoms with Crippen molar-refractivity contribution in [2.24, 2.45) is 0 Å². The van der Waals surface area contributed by atoms with Crippen LogP contribution in [0.25, 0.3) is 0 Å². The average molecular weight is 461 g/mol. The summed E-state index contributed by atoms with van der Waals surface area (Å²) in [6.45, 7) is 0. The lowest BCUT2D eigenvalue weighted by molar-refractivity contribution is -0.0429. The molecule has 0 radical (unpaired) electrons. The Morgan fingerprint density at radius 3 is 2.67 bits per heavy atom.